The maximum atomic E-state index is 12.8. The average molecular weight is 409 g/mol. The predicted molar refractivity (Wildman–Crippen MR) is 98.2 cm³/mol. The molecule has 1 aliphatic carbocycles. The normalized spacial score (nSPS) is 21.0. The summed E-state index contributed by atoms with van der Waals surface area (Å²) in [6, 6.07) is 8.17. The Labute approximate surface area is 155 Å². The molecule has 4 nitrogen and oxygen atoms in total. The van der Waals surface area contributed by atoms with Crippen molar-refractivity contribution >= 4 is 27.5 Å². The molecule has 2 aromatic rings. The molecule has 0 bridgehead atoms. The monoisotopic (exact) mass is 407 g/mol. The van der Waals surface area contributed by atoms with E-state index in [1.54, 1.807) is 6.20 Å². The van der Waals surface area contributed by atoms with E-state index in [0.29, 0.717) is 0 Å². The molecule has 2 aliphatic rings. The molecule has 2 heterocycles. The number of pyridine rings is 1. The van der Waals surface area contributed by atoms with Gasteiger partial charge in [0.15, 0.2) is 6.20 Å². The summed E-state index contributed by atoms with van der Waals surface area (Å²) in [4.78, 5) is 2.41. The second-order valence-electron chi connectivity index (χ2n) is 6.43. The molecule has 1 aromatic heterocycles. The highest BCUT2D eigenvalue weighted by Gasteiger charge is 2.35. The lowest BCUT2D eigenvalue weighted by atomic mass is 9.96. The molecule has 6 heteroatoms. The zero-order chi connectivity index (χ0) is 16.7. The van der Waals surface area contributed by atoms with Gasteiger partial charge in [0.25, 0.3) is 0 Å². The summed E-state index contributed by atoms with van der Waals surface area (Å²) in [6.45, 7) is 3.76. The van der Waals surface area contributed by atoms with Crippen LogP contribution in [0.15, 0.2) is 34.9 Å². The minimum Gasteiger partial charge on any atom is -0.618 e. The third-order valence-corrected chi connectivity index (χ3v) is 5.63. The Kier molecular flexibility index (Phi) is 4.52. The lowest BCUT2D eigenvalue weighted by molar-refractivity contribution is -0.617. The molecule has 4 rings (SSSR count). The van der Waals surface area contributed by atoms with Gasteiger partial charge < -0.3 is 10.5 Å². The number of nitrogens with one attached hydrogen (secondary N) is 1. The van der Waals surface area contributed by atoms with Crippen LogP contribution in [0.4, 0.5) is 0 Å². The number of aryl methyl sites for hydroxylation is 2. The van der Waals surface area contributed by atoms with Crippen LogP contribution in [0.3, 0.4) is 0 Å². The largest absolute Gasteiger partial charge is 0.618 e. The van der Waals surface area contributed by atoms with Crippen LogP contribution in [0.2, 0.25) is 5.02 Å². The zero-order valence-corrected chi connectivity index (χ0v) is 15.6. The number of benzene rings is 1. The molecule has 1 atom stereocenters. The standard InChI is InChI=1S/C18H19BrClN3O/c19-14-9-13-2-1-12-10-15(20)3-4-16(12)18(17(13)23(24)11-14)22-7-5-21-6-8-22/h3-4,9-11,18,21H,1-2,5-8H2/t18-/m1/s1. The maximum absolute atomic E-state index is 12.8. The van der Waals surface area contributed by atoms with Crippen molar-refractivity contribution in [3.05, 3.63) is 67.5 Å². The number of rotatable bonds is 1. The van der Waals surface area contributed by atoms with E-state index in [4.69, 9.17) is 11.6 Å². The van der Waals surface area contributed by atoms with Crippen LogP contribution in [0.5, 0.6) is 0 Å². The summed E-state index contributed by atoms with van der Waals surface area (Å²) in [5.41, 5.74) is 4.45. The van der Waals surface area contributed by atoms with Crippen LogP contribution in [0, 0.1) is 5.21 Å². The maximum Gasteiger partial charge on any atom is 0.217 e. The van der Waals surface area contributed by atoms with Crippen molar-refractivity contribution in [2.24, 2.45) is 0 Å². The first kappa shape index (κ1) is 16.3. The summed E-state index contributed by atoms with van der Waals surface area (Å²) in [6.07, 6.45) is 3.38. The molecule has 1 fully saturated rings. The number of fused-ring (bicyclic) bond motifs is 2. The van der Waals surface area contributed by atoms with E-state index >= 15 is 0 Å². The third-order valence-electron chi connectivity index (χ3n) is 4.96. The van der Waals surface area contributed by atoms with Crippen molar-refractivity contribution < 1.29 is 4.73 Å². The molecule has 1 N–H and O–H groups in total. The Hall–Kier alpha value is -1.14. The fourth-order valence-corrected chi connectivity index (χ4v) is 4.54. The smallest absolute Gasteiger partial charge is 0.217 e. The van der Waals surface area contributed by atoms with E-state index in [0.717, 1.165) is 64.5 Å². The zero-order valence-electron chi connectivity index (χ0n) is 13.3. The van der Waals surface area contributed by atoms with E-state index in [1.807, 2.05) is 6.07 Å². The van der Waals surface area contributed by atoms with Crippen molar-refractivity contribution in [1.82, 2.24) is 10.2 Å². The van der Waals surface area contributed by atoms with Gasteiger partial charge in [0.1, 0.15) is 6.04 Å². The van der Waals surface area contributed by atoms with E-state index < -0.39 is 0 Å². The fraction of sp³-hybridized carbons (Fsp3) is 0.389. The van der Waals surface area contributed by atoms with Crippen molar-refractivity contribution in [2.75, 3.05) is 26.2 Å². The van der Waals surface area contributed by atoms with Gasteiger partial charge in [-0.2, -0.15) is 4.73 Å². The number of halogens is 2. The molecular weight excluding hydrogens is 390 g/mol. The second-order valence-corrected chi connectivity index (χ2v) is 7.78. The van der Waals surface area contributed by atoms with Crippen LogP contribution < -0.4 is 10.0 Å². The minimum atomic E-state index is -0.0116. The third kappa shape index (κ3) is 2.94. The van der Waals surface area contributed by atoms with E-state index in [-0.39, 0.29) is 6.04 Å². The van der Waals surface area contributed by atoms with E-state index in [1.165, 1.54) is 11.1 Å². The summed E-state index contributed by atoms with van der Waals surface area (Å²) in [7, 11) is 0. The molecule has 1 aromatic carbocycles. The SMILES string of the molecule is [O-][n+]1cc(Br)cc2c1[C@H](N1CCNCC1)c1ccc(Cl)cc1CC2. The molecule has 0 spiro atoms. The number of hydrogen-bond acceptors (Lipinski definition) is 3. The highest BCUT2D eigenvalue weighted by Crippen LogP contribution is 2.36. The molecule has 1 saturated heterocycles. The second kappa shape index (κ2) is 6.64. The van der Waals surface area contributed by atoms with Gasteiger partial charge in [-0.05, 0) is 58.1 Å². The molecule has 0 saturated carbocycles. The number of hydrogen-bond donors (Lipinski definition) is 1. The first-order valence-electron chi connectivity index (χ1n) is 8.28. The predicted octanol–water partition coefficient (Wildman–Crippen LogP) is 2.83. The number of aromatic nitrogens is 1. The van der Waals surface area contributed by atoms with Gasteiger partial charge >= 0.3 is 0 Å². The highest BCUT2D eigenvalue weighted by atomic mass is 79.9. The van der Waals surface area contributed by atoms with Gasteiger partial charge in [-0.1, -0.05) is 17.7 Å². The summed E-state index contributed by atoms with van der Waals surface area (Å²) in [5, 5.41) is 16.9. The van der Waals surface area contributed by atoms with Crippen molar-refractivity contribution in [3.8, 4) is 0 Å². The molecule has 0 amide bonds. The van der Waals surface area contributed by atoms with Crippen LogP contribution in [0.25, 0.3) is 0 Å². The Morgan fingerprint density at radius 3 is 2.71 bits per heavy atom. The Bertz CT molecular complexity index is 777. The summed E-state index contributed by atoms with van der Waals surface area (Å²) >= 11 is 9.70. The highest BCUT2D eigenvalue weighted by molar-refractivity contribution is 9.10. The molecule has 0 unspecified atom stereocenters. The van der Waals surface area contributed by atoms with Gasteiger partial charge in [-0.3, -0.25) is 4.90 Å². The van der Waals surface area contributed by atoms with Crippen LogP contribution >= 0.6 is 27.5 Å². The number of piperazine rings is 1. The molecule has 0 radical (unpaired) electrons. The number of nitrogens with zero attached hydrogens (tertiary/aromatic N) is 2. The van der Waals surface area contributed by atoms with E-state index in [2.05, 4.69) is 44.3 Å². The van der Waals surface area contributed by atoms with Crippen molar-refractivity contribution in [1.29, 1.82) is 0 Å². The van der Waals surface area contributed by atoms with Crippen LogP contribution in [-0.2, 0) is 12.8 Å². The van der Waals surface area contributed by atoms with E-state index in [9.17, 15) is 5.21 Å². The first-order valence-corrected chi connectivity index (χ1v) is 9.45. The van der Waals surface area contributed by atoms with Gasteiger partial charge in [-0.25, -0.2) is 0 Å². The molecule has 1 aliphatic heterocycles. The molecule has 126 valence electrons. The average Bonchev–Trinajstić information content (AvgIpc) is 2.72. The van der Waals surface area contributed by atoms with Gasteiger partial charge in [0, 0.05) is 36.8 Å². The first-order chi connectivity index (χ1) is 11.6. The Morgan fingerprint density at radius 1 is 1.17 bits per heavy atom. The minimum absolute atomic E-state index is 0.0116. The van der Waals surface area contributed by atoms with Crippen molar-refractivity contribution in [2.45, 2.75) is 18.9 Å². The topological polar surface area (TPSA) is 42.2 Å². The lowest BCUT2D eigenvalue weighted by Gasteiger charge is -2.34. The van der Waals surface area contributed by atoms with Crippen molar-refractivity contribution in [3.63, 3.8) is 0 Å². The fourth-order valence-electron chi connectivity index (χ4n) is 3.88. The Morgan fingerprint density at radius 2 is 1.92 bits per heavy atom. The molecule has 24 heavy (non-hydrogen) atoms. The Balaban J connectivity index is 1.91. The van der Waals surface area contributed by atoms with Crippen LogP contribution in [0.1, 0.15) is 28.4 Å². The van der Waals surface area contributed by atoms with Gasteiger partial charge in [-0.15, -0.1) is 0 Å². The van der Waals surface area contributed by atoms with Crippen LogP contribution in [-0.4, -0.2) is 31.1 Å². The van der Waals surface area contributed by atoms with Gasteiger partial charge in [0.05, 0.1) is 4.47 Å². The lowest BCUT2D eigenvalue weighted by Crippen LogP contribution is -2.48. The summed E-state index contributed by atoms with van der Waals surface area (Å²) in [5.74, 6) is 0. The quantitative estimate of drug-likeness (QED) is 0.583. The molecular formula is C18H19BrClN3O. The summed E-state index contributed by atoms with van der Waals surface area (Å²) < 4.78 is 1.88. The van der Waals surface area contributed by atoms with Gasteiger partial charge in [0.2, 0.25) is 5.69 Å².